The average molecular weight is 449 g/mol. The first kappa shape index (κ1) is 22.0. The van der Waals surface area contributed by atoms with Crippen molar-refractivity contribution in [3.05, 3.63) is 71.2 Å². The Balaban J connectivity index is 1.74. The predicted octanol–water partition coefficient (Wildman–Crippen LogP) is 5.38. The third-order valence-electron chi connectivity index (χ3n) is 5.71. The van der Waals surface area contributed by atoms with Crippen LogP contribution in [0.2, 0.25) is 0 Å². The highest BCUT2D eigenvalue weighted by molar-refractivity contribution is 7.80. The maximum atomic E-state index is 5.77. The number of nitrogens with zero attached hydrogens (tertiary/aromatic N) is 3. The SMILES string of the molecule is CCOc1ccc(C2NC(=S)N(CC)C(C)=C2c2nc(-c3ccc(CC)cc3)no2)cc1. The first-order valence-corrected chi connectivity index (χ1v) is 11.4. The van der Waals surface area contributed by atoms with Gasteiger partial charge in [0, 0.05) is 17.8 Å². The van der Waals surface area contributed by atoms with Gasteiger partial charge >= 0.3 is 0 Å². The highest BCUT2D eigenvalue weighted by atomic mass is 32.1. The van der Waals surface area contributed by atoms with Gasteiger partial charge in [0.1, 0.15) is 5.75 Å². The van der Waals surface area contributed by atoms with Crippen LogP contribution in [0.25, 0.3) is 17.0 Å². The first-order valence-electron chi connectivity index (χ1n) is 11.0. The van der Waals surface area contributed by atoms with Crippen molar-refractivity contribution in [3.8, 4) is 17.1 Å². The van der Waals surface area contributed by atoms with Gasteiger partial charge in [-0.3, -0.25) is 0 Å². The van der Waals surface area contributed by atoms with E-state index in [9.17, 15) is 0 Å². The summed E-state index contributed by atoms with van der Waals surface area (Å²) in [6, 6.07) is 16.1. The summed E-state index contributed by atoms with van der Waals surface area (Å²) in [6.07, 6.45) is 0.992. The molecule has 32 heavy (non-hydrogen) atoms. The van der Waals surface area contributed by atoms with Crippen LogP contribution < -0.4 is 10.1 Å². The van der Waals surface area contributed by atoms with Crippen LogP contribution in [0.4, 0.5) is 0 Å². The highest BCUT2D eigenvalue weighted by Gasteiger charge is 2.33. The number of aromatic nitrogens is 2. The van der Waals surface area contributed by atoms with E-state index in [0.717, 1.165) is 41.1 Å². The molecule has 166 valence electrons. The molecule has 6 nitrogen and oxygen atoms in total. The molecule has 2 aromatic carbocycles. The maximum Gasteiger partial charge on any atom is 0.258 e. The van der Waals surface area contributed by atoms with Gasteiger partial charge in [-0.2, -0.15) is 4.98 Å². The van der Waals surface area contributed by atoms with Crippen LogP contribution in [-0.2, 0) is 6.42 Å². The normalized spacial score (nSPS) is 16.3. The third kappa shape index (κ3) is 4.25. The lowest BCUT2D eigenvalue weighted by atomic mass is 9.94. The van der Waals surface area contributed by atoms with Crippen LogP contribution in [0.3, 0.4) is 0 Å². The van der Waals surface area contributed by atoms with Gasteiger partial charge in [0.15, 0.2) is 5.11 Å². The van der Waals surface area contributed by atoms with Gasteiger partial charge in [0.2, 0.25) is 5.82 Å². The summed E-state index contributed by atoms with van der Waals surface area (Å²) >= 11 is 5.65. The lowest BCUT2D eigenvalue weighted by molar-refractivity contribution is 0.340. The van der Waals surface area contributed by atoms with Crippen molar-refractivity contribution in [2.45, 2.75) is 40.2 Å². The fourth-order valence-electron chi connectivity index (χ4n) is 3.95. The van der Waals surface area contributed by atoms with Crippen molar-refractivity contribution < 1.29 is 9.26 Å². The minimum atomic E-state index is -0.197. The van der Waals surface area contributed by atoms with E-state index in [-0.39, 0.29) is 6.04 Å². The van der Waals surface area contributed by atoms with E-state index < -0.39 is 0 Å². The molecular formula is C25H28N4O2S. The summed E-state index contributed by atoms with van der Waals surface area (Å²) in [5, 5.41) is 8.41. The summed E-state index contributed by atoms with van der Waals surface area (Å²) in [5.41, 5.74) is 5.18. The van der Waals surface area contributed by atoms with Gasteiger partial charge in [-0.15, -0.1) is 0 Å². The lowest BCUT2D eigenvalue weighted by Gasteiger charge is -2.36. The Bertz CT molecular complexity index is 1120. The molecule has 0 radical (unpaired) electrons. The fraction of sp³-hybridized carbons (Fsp3) is 0.320. The Morgan fingerprint density at radius 1 is 1.06 bits per heavy atom. The van der Waals surface area contributed by atoms with Crippen LogP contribution in [0, 0.1) is 0 Å². The van der Waals surface area contributed by atoms with Crippen molar-refractivity contribution in [2.24, 2.45) is 0 Å². The van der Waals surface area contributed by atoms with Crippen molar-refractivity contribution in [2.75, 3.05) is 13.2 Å². The molecule has 1 N–H and O–H groups in total. The average Bonchev–Trinajstić information content (AvgIpc) is 3.29. The summed E-state index contributed by atoms with van der Waals surface area (Å²) < 4.78 is 11.4. The van der Waals surface area contributed by atoms with E-state index in [1.165, 1.54) is 5.56 Å². The number of benzene rings is 2. The molecular weight excluding hydrogens is 420 g/mol. The van der Waals surface area contributed by atoms with Crippen LogP contribution in [0.15, 0.2) is 58.8 Å². The van der Waals surface area contributed by atoms with Crippen molar-refractivity contribution in [1.29, 1.82) is 0 Å². The summed E-state index contributed by atoms with van der Waals surface area (Å²) in [6.45, 7) is 9.61. The highest BCUT2D eigenvalue weighted by Crippen LogP contribution is 2.37. The summed E-state index contributed by atoms with van der Waals surface area (Å²) in [7, 11) is 0. The van der Waals surface area contributed by atoms with Gasteiger partial charge in [0.25, 0.3) is 5.89 Å². The minimum absolute atomic E-state index is 0.197. The summed E-state index contributed by atoms with van der Waals surface area (Å²) in [5.74, 6) is 1.90. The Kier molecular flexibility index (Phi) is 6.55. The first-order chi connectivity index (χ1) is 15.5. The molecule has 1 aromatic heterocycles. The zero-order valence-electron chi connectivity index (χ0n) is 18.9. The molecule has 0 saturated carbocycles. The largest absolute Gasteiger partial charge is 0.494 e. The van der Waals surface area contributed by atoms with Gasteiger partial charge in [-0.05, 0) is 62.7 Å². The molecule has 0 aliphatic carbocycles. The van der Waals surface area contributed by atoms with E-state index in [0.29, 0.717) is 23.4 Å². The number of hydrogen-bond acceptors (Lipinski definition) is 5. The number of allylic oxidation sites excluding steroid dienone is 1. The van der Waals surface area contributed by atoms with Crippen molar-refractivity contribution in [1.82, 2.24) is 20.4 Å². The number of hydrogen-bond donors (Lipinski definition) is 1. The Morgan fingerprint density at radius 2 is 1.78 bits per heavy atom. The van der Waals surface area contributed by atoms with Gasteiger partial charge < -0.3 is 19.5 Å². The van der Waals surface area contributed by atoms with Gasteiger partial charge in [-0.25, -0.2) is 0 Å². The Hall–Kier alpha value is -3.19. The van der Waals surface area contributed by atoms with Crippen LogP contribution in [-0.4, -0.2) is 33.3 Å². The lowest BCUT2D eigenvalue weighted by Crippen LogP contribution is -2.45. The molecule has 3 aromatic rings. The van der Waals surface area contributed by atoms with E-state index in [1.807, 2.05) is 50.2 Å². The third-order valence-corrected chi connectivity index (χ3v) is 6.05. The zero-order valence-corrected chi connectivity index (χ0v) is 19.7. The van der Waals surface area contributed by atoms with Crippen LogP contribution >= 0.6 is 12.2 Å². The van der Waals surface area contributed by atoms with Crippen LogP contribution in [0.1, 0.15) is 50.8 Å². The predicted molar refractivity (Wildman–Crippen MR) is 130 cm³/mol. The van der Waals surface area contributed by atoms with Gasteiger partial charge in [-0.1, -0.05) is 48.5 Å². The van der Waals surface area contributed by atoms with Crippen molar-refractivity contribution >= 4 is 22.9 Å². The van der Waals surface area contributed by atoms with Crippen molar-refractivity contribution in [3.63, 3.8) is 0 Å². The van der Waals surface area contributed by atoms with E-state index >= 15 is 0 Å². The molecule has 1 atom stereocenters. The Labute approximate surface area is 194 Å². The second kappa shape index (κ2) is 9.53. The second-order valence-corrected chi connectivity index (χ2v) is 7.99. The topological polar surface area (TPSA) is 63.4 Å². The zero-order chi connectivity index (χ0) is 22.7. The number of thiocarbonyl (C=S) groups is 1. The monoisotopic (exact) mass is 448 g/mol. The number of ether oxygens (including phenoxy) is 1. The van der Waals surface area contributed by atoms with E-state index in [4.69, 9.17) is 26.5 Å². The molecule has 2 heterocycles. The van der Waals surface area contributed by atoms with Gasteiger partial charge in [0.05, 0.1) is 18.2 Å². The molecule has 0 amide bonds. The summed E-state index contributed by atoms with van der Waals surface area (Å²) in [4.78, 5) is 6.81. The standard InChI is InChI=1S/C25H28N4O2S/c1-5-17-8-10-19(11-9-17)23-27-24(31-28-23)21-16(4)29(6-2)25(32)26-22(21)18-12-14-20(15-13-18)30-7-3/h8-15,22H,5-7H2,1-4H3,(H,26,32). The van der Waals surface area contributed by atoms with E-state index in [1.54, 1.807) is 0 Å². The number of rotatable bonds is 7. The number of nitrogens with one attached hydrogen (secondary N) is 1. The molecule has 0 saturated heterocycles. The van der Waals surface area contributed by atoms with E-state index in [2.05, 4.69) is 41.4 Å². The second-order valence-electron chi connectivity index (χ2n) is 7.60. The fourth-order valence-corrected chi connectivity index (χ4v) is 4.34. The van der Waals surface area contributed by atoms with Crippen LogP contribution in [0.5, 0.6) is 5.75 Å². The number of aryl methyl sites for hydroxylation is 1. The molecule has 0 fully saturated rings. The molecule has 0 spiro atoms. The maximum absolute atomic E-state index is 5.77. The quantitative estimate of drug-likeness (QED) is 0.487. The molecule has 1 unspecified atom stereocenters. The Morgan fingerprint density at radius 3 is 2.41 bits per heavy atom. The smallest absolute Gasteiger partial charge is 0.258 e. The molecule has 7 heteroatoms. The minimum Gasteiger partial charge on any atom is -0.494 e. The molecule has 1 aliphatic rings. The molecule has 1 aliphatic heterocycles. The molecule has 0 bridgehead atoms. The molecule has 4 rings (SSSR count).